The first-order valence-corrected chi connectivity index (χ1v) is 4.70. The average molecular weight is 178 g/mol. The van der Waals surface area contributed by atoms with Crippen molar-refractivity contribution < 1.29 is 4.39 Å². The van der Waals surface area contributed by atoms with Crippen LogP contribution in [0, 0.1) is 11.1 Å². The molecule has 0 amide bonds. The highest BCUT2D eigenvalue weighted by Crippen LogP contribution is 1.98. The minimum absolute atomic E-state index is 0.194. The number of hydrogen-bond donors (Lipinski definition) is 1. The summed E-state index contributed by atoms with van der Waals surface area (Å²) < 4.78 is 12.5. The van der Waals surface area contributed by atoms with Crippen LogP contribution in [-0.2, 0) is 0 Å². The Hall–Kier alpha value is -0.985. The minimum Gasteiger partial charge on any atom is -0.563 e. The Kier molecular flexibility index (Phi) is 3.81. The van der Waals surface area contributed by atoms with Crippen molar-refractivity contribution in [2.24, 2.45) is 0 Å². The van der Waals surface area contributed by atoms with Crippen molar-refractivity contribution in [1.82, 2.24) is 0 Å². The molecule has 0 bridgehead atoms. The van der Waals surface area contributed by atoms with E-state index in [0.29, 0.717) is 0 Å². The van der Waals surface area contributed by atoms with Crippen molar-refractivity contribution in [3.63, 3.8) is 0 Å². The summed E-state index contributed by atoms with van der Waals surface area (Å²) in [7, 11) is 0. The highest BCUT2D eigenvalue weighted by molar-refractivity contribution is 6.60. The summed E-state index contributed by atoms with van der Waals surface area (Å²) in [6.07, 6.45) is 3.03. The van der Waals surface area contributed by atoms with Crippen LogP contribution in [0.2, 0.25) is 6.32 Å². The zero-order chi connectivity index (χ0) is 9.68. The molecule has 1 nitrogen and oxygen atoms in total. The van der Waals surface area contributed by atoms with E-state index in [0.717, 1.165) is 24.6 Å². The highest BCUT2D eigenvalue weighted by Gasteiger charge is 1.91. The van der Waals surface area contributed by atoms with Crippen LogP contribution in [0.4, 0.5) is 4.39 Å². The van der Waals surface area contributed by atoms with Gasteiger partial charge in [0, 0.05) is 0 Å². The van der Waals surface area contributed by atoms with E-state index < -0.39 is 0 Å². The van der Waals surface area contributed by atoms with Crippen LogP contribution in [-0.4, -0.2) is 6.51 Å². The number of rotatable bonds is 4. The summed E-state index contributed by atoms with van der Waals surface area (Å²) >= 11 is 0. The van der Waals surface area contributed by atoms with E-state index in [1.807, 2.05) is 0 Å². The highest BCUT2D eigenvalue weighted by atomic mass is 19.1. The van der Waals surface area contributed by atoms with E-state index >= 15 is 0 Å². The third-order valence-electron chi connectivity index (χ3n) is 2.12. The lowest BCUT2D eigenvalue weighted by atomic mass is 9.60. The summed E-state index contributed by atoms with van der Waals surface area (Å²) in [6.45, 7) is 1.91. The van der Waals surface area contributed by atoms with Gasteiger partial charge in [0.05, 0.1) is 0 Å². The lowest BCUT2D eigenvalue weighted by molar-refractivity contribution is 0.628. The number of unbranched alkanes of at least 4 members (excludes halogenated alkanes) is 1. The number of benzene rings is 1. The fourth-order valence-electron chi connectivity index (χ4n) is 1.27. The molecule has 0 atom stereocenters. The molecule has 70 valence electrons. The predicted molar refractivity (Wildman–Crippen MR) is 54.2 cm³/mol. The summed E-state index contributed by atoms with van der Waals surface area (Å²) in [4.78, 5) is 0. The molecule has 0 heterocycles. The van der Waals surface area contributed by atoms with Crippen LogP contribution in [0.25, 0.3) is 0 Å². The number of hydrogen-bond acceptors (Lipinski definition) is 1. The third kappa shape index (κ3) is 3.09. The first-order valence-electron chi connectivity index (χ1n) is 4.70. The molecule has 13 heavy (non-hydrogen) atoms. The van der Waals surface area contributed by atoms with Crippen molar-refractivity contribution in [3.05, 3.63) is 30.1 Å². The Labute approximate surface area is 78.6 Å². The second kappa shape index (κ2) is 4.90. The van der Waals surface area contributed by atoms with E-state index in [1.54, 1.807) is 12.1 Å². The van der Waals surface area contributed by atoms with Crippen LogP contribution in [0.3, 0.4) is 0 Å². The second-order valence-electron chi connectivity index (χ2n) is 3.25. The lowest BCUT2D eigenvalue weighted by Gasteiger charge is -2.12. The second-order valence-corrected chi connectivity index (χ2v) is 3.25. The zero-order valence-corrected chi connectivity index (χ0v) is 7.89. The van der Waals surface area contributed by atoms with Gasteiger partial charge >= 0.3 is 0 Å². The molecule has 0 aliphatic heterocycles. The maximum Gasteiger partial charge on any atom is 0.122 e. The first-order chi connectivity index (χ1) is 6.24. The van der Waals surface area contributed by atoms with Gasteiger partial charge in [-0.15, -0.1) is 0 Å². The first kappa shape index (κ1) is 10.1. The van der Waals surface area contributed by atoms with Gasteiger partial charge in [-0.25, -0.2) is 9.85 Å². The Morgan fingerprint density at radius 2 is 1.92 bits per heavy atom. The molecule has 0 saturated carbocycles. The van der Waals surface area contributed by atoms with Crippen LogP contribution in [0.1, 0.15) is 19.8 Å². The maximum absolute atomic E-state index is 12.5. The molecule has 0 fully saturated rings. The molecule has 0 aromatic heterocycles. The van der Waals surface area contributed by atoms with E-state index in [-0.39, 0.29) is 12.3 Å². The van der Waals surface area contributed by atoms with Gasteiger partial charge < -0.3 is 5.31 Å². The summed E-state index contributed by atoms with van der Waals surface area (Å²) in [5.41, 5.74) is 0.912. The molecular weight excluding hydrogens is 164 g/mol. The molecular formula is C10H14BFN-. The van der Waals surface area contributed by atoms with E-state index in [9.17, 15) is 4.39 Å². The average Bonchev–Trinajstić information content (AvgIpc) is 2.15. The standard InChI is InChI=1S/C10H14BFN/c1-2-3-8-11(13)9-4-6-10(12)7-5-9/h4-7,13H,2-3,8H2,1H3/q-1. The van der Waals surface area contributed by atoms with Gasteiger partial charge in [0.1, 0.15) is 5.82 Å². The van der Waals surface area contributed by atoms with Crippen molar-refractivity contribution in [2.45, 2.75) is 26.1 Å². The Balaban J connectivity index is 2.61. The number of nitrogens with one attached hydrogen (secondary N) is 1. The Morgan fingerprint density at radius 3 is 2.46 bits per heavy atom. The van der Waals surface area contributed by atoms with Gasteiger partial charge in [-0.05, 0) is 18.6 Å². The SMILES string of the molecule is CCCC[B-](=N)c1ccc(F)cc1. The maximum atomic E-state index is 12.5. The molecule has 0 radical (unpaired) electrons. The molecule has 0 aliphatic carbocycles. The predicted octanol–water partition coefficient (Wildman–Crippen LogP) is 2.67. The molecule has 0 aliphatic rings. The fraction of sp³-hybridized carbons (Fsp3) is 0.400. The topological polar surface area (TPSA) is 23.9 Å². The summed E-state index contributed by atoms with van der Waals surface area (Å²) in [5, 5.41) is 7.76. The molecule has 0 unspecified atom stereocenters. The zero-order valence-electron chi connectivity index (χ0n) is 7.89. The van der Waals surface area contributed by atoms with Gasteiger partial charge in [0.25, 0.3) is 0 Å². The summed E-state index contributed by atoms with van der Waals surface area (Å²) in [5.74, 6) is -0.230. The largest absolute Gasteiger partial charge is 0.563 e. The van der Waals surface area contributed by atoms with Gasteiger partial charge in [0.15, 0.2) is 0 Å². The molecule has 1 aromatic rings. The molecule has 0 spiro atoms. The van der Waals surface area contributed by atoms with Gasteiger partial charge in [-0.3, -0.25) is 0 Å². The monoisotopic (exact) mass is 178 g/mol. The van der Waals surface area contributed by atoms with Crippen LogP contribution in [0.5, 0.6) is 0 Å². The van der Waals surface area contributed by atoms with Gasteiger partial charge in [-0.1, -0.05) is 31.9 Å². The van der Waals surface area contributed by atoms with Crippen LogP contribution >= 0.6 is 0 Å². The Morgan fingerprint density at radius 1 is 1.31 bits per heavy atom. The molecule has 3 heteroatoms. The number of halogens is 1. The molecule has 1 N–H and O–H groups in total. The molecule has 0 saturated heterocycles. The fourth-order valence-corrected chi connectivity index (χ4v) is 1.27. The van der Waals surface area contributed by atoms with Gasteiger partial charge in [0.2, 0.25) is 0 Å². The van der Waals surface area contributed by atoms with Crippen molar-refractivity contribution >= 4 is 12.0 Å². The smallest absolute Gasteiger partial charge is 0.122 e. The lowest BCUT2D eigenvalue weighted by Crippen LogP contribution is -2.19. The summed E-state index contributed by atoms with van der Waals surface area (Å²) in [6, 6.07) is 6.23. The molecule has 1 aromatic carbocycles. The Bertz CT molecular complexity index is 281. The normalized spacial score (nSPS) is 10.0. The van der Waals surface area contributed by atoms with Crippen LogP contribution in [0.15, 0.2) is 24.3 Å². The van der Waals surface area contributed by atoms with Crippen molar-refractivity contribution in [3.8, 4) is 0 Å². The van der Waals surface area contributed by atoms with E-state index in [1.165, 1.54) is 12.1 Å². The minimum atomic E-state index is -0.230. The van der Waals surface area contributed by atoms with E-state index in [2.05, 4.69) is 6.92 Å². The van der Waals surface area contributed by atoms with Gasteiger partial charge in [-0.2, -0.15) is 6.32 Å². The quantitative estimate of drug-likeness (QED) is 0.685. The van der Waals surface area contributed by atoms with Crippen molar-refractivity contribution in [1.29, 1.82) is 5.31 Å². The third-order valence-corrected chi connectivity index (χ3v) is 2.12. The van der Waals surface area contributed by atoms with Crippen molar-refractivity contribution in [2.75, 3.05) is 0 Å². The molecule has 1 rings (SSSR count). The van der Waals surface area contributed by atoms with Crippen LogP contribution < -0.4 is 5.46 Å². The van der Waals surface area contributed by atoms with E-state index in [4.69, 9.17) is 5.31 Å².